The highest BCUT2D eigenvalue weighted by molar-refractivity contribution is 6.30. The van der Waals surface area contributed by atoms with Crippen molar-refractivity contribution in [3.63, 3.8) is 0 Å². The molecule has 2 heterocycles. The van der Waals surface area contributed by atoms with Gasteiger partial charge in [0.1, 0.15) is 11.3 Å². The van der Waals surface area contributed by atoms with Crippen molar-refractivity contribution >= 4 is 23.5 Å². The van der Waals surface area contributed by atoms with E-state index in [2.05, 4.69) is 0 Å². The van der Waals surface area contributed by atoms with Crippen LogP contribution in [0.5, 0.6) is 5.75 Å². The van der Waals surface area contributed by atoms with Gasteiger partial charge in [-0.05, 0) is 36.6 Å². The first-order chi connectivity index (χ1) is 17.0. The second-order valence-corrected chi connectivity index (χ2v) is 8.74. The number of methoxy groups -OCH3 is 1. The van der Waals surface area contributed by atoms with E-state index in [1.165, 1.54) is 23.3 Å². The molecular formula is C27H27ClN2O5. The second-order valence-electron chi connectivity index (χ2n) is 8.30. The highest BCUT2D eigenvalue weighted by Gasteiger charge is 2.27. The third kappa shape index (κ3) is 5.74. The van der Waals surface area contributed by atoms with Crippen molar-refractivity contribution in [1.82, 2.24) is 9.47 Å². The summed E-state index contributed by atoms with van der Waals surface area (Å²) in [4.78, 5) is 40.4. The van der Waals surface area contributed by atoms with Crippen molar-refractivity contribution in [2.75, 3.05) is 26.8 Å². The Balaban J connectivity index is 1.54. The van der Waals surface area contributed by atoms with Gasteiger partial charge >= 0.3 is 5.97 Å². The van der Waals surface area contributed by atoms with E-state index in [4.69, 9.17) is 21.1 Å². The number of amides is 1. The number of fused-ring (bicyclic) bond motifs is 1. The summed E-state index contributed by atoms with van der Waals surface area (Å²) in [6.07, 6.45) is 1.86. The molecule has 0 N–H and O–H groups in total. The zero-order valence-electron chi connectivity index (χ0n) is 19.5. The maximum Gasteiger partial charge on any atom is 0.343 e. The van der Waals surface area contributed by atoms with Crippen molar-refractivity contribution in [1.29, 1.82) is 0 Å². The van der Waals surface area contributed by atoms with Crippen LogP contribution < -0.4 is 10.3 Å². The lowest BCUT2D eigenvalue weighted by molar-refractivity contribution is 0.0593. The smallest absolute Gasteiger partial charge is 0.343 e. The summed E-state index contributed by atoms with van der Waals surface area (Å²) in [5.74, 6) is -0.525. The number of hydrogen-bond acceptors (Lipinski definition) is 5. The van der Waals surface area contributed by atoms with Gasteiger partial charge in [0.25, 0.3) is 11.5 Å². The predicted molar refractivity (Wildman–Crippen MR) is 133 cm³/mol. The summed E-state index contributed by atoms with van der Waals surface area (Å²) in [6.45, 7) is 1.28. The third-order valence-corrected chi connectivity index (χ3v) is 6.29. The molecule has 182 valence electrons. The van der Waals surface area contributed by atoms with Gasteiger partial charge in [-0.1, -0.05) is 48.0 Å². The summed E-state index contributed by atoms with van der Waals surface area (Å²) in [6, 6.07) is 18.1. The van der Waals surface area contributed by atoms with E-state index < -0.39 is 5.97 Å². The van der Waals surface area contributed by atoms with E-state index in [0.717, 1.165) is 12.8 Å². The topological polar surface area (TPSA) is 77.8 Å². The van der Waals surface area contributed by atoms with E-state index in [9.17, 15) is 14.4 Å². The number of benzene rings is 2. The summed E-state index contributed by atoms with van der Waals surface area (Å²) in [5, 5.41) is 0.479. The minimum atomic E-state index is -0.568. The molecule has 4 rings (SSSR count). The lowest BCUT2D eigenvalue weighted by atomic mass is 10.1. The summed E-state index contributed by atoms with van der Waals surface area (Å²) in [7, 11) is 1.30. The second kappa shape index (κ2) is 11.2. The predicted octanol–water partition coefficient (Wildman–Crippen LogP) is 4.00. The van der Waals surface area contributed by atoms with Crippen LogP contribution >= 0.6 is 11.6 Å². The van der Waals surface area contributed by atoms with Gasteiger partial charge < -0.3 is 18.9 Å². The fourth-order valence-electron chi connectivity index (χ4n) is 4.30. The first-order valence-electron chi connectivity index (χ1n) is 11.5. The monoisotopic (exact) mass is 494 g/mol. The van der Waals surface area contributed by atoms with E-state index >= 15 is 0 Å². The van der Waals surface area contributed by atoms with Crippen LogP contribution in [-0.4, -0.2) is 48.1 Å². The molecule has 3 aromatic rings. The van der Waals surface area contributed by atoms with Crippen LogP contribution in [0.4, 0.5) is 0 Å². The zero-order chi connectivity index (χ0) is 24.8. The normalized spacial score (nSPS) is 13.0. The molecule has 0 saturated heterocycles. The number of carbonyl (C=O) groups is 2. The molecule has 1 amide bonds. The molecule has 0 unspecified atom stereocenters. The molecule has 0 saturated carbocycles. The third-order valence-electron chi connectivity index (χ3n) is 6.05. The van der Waals surface area contributed by atoms with Crippen LogP contribution in [0.15, 0.2) is 65.5 Å². The first kappa shape index (κ1) is 24.5. The van der Waals surface area contributed by atoms with Crippen LogP contribution in [-0.2, 0) is 24.1 Å². The van der Waals surface area contributed by atoms with Crippen LogP contribution in [0, 0.1) is 0 Å². The van der Waals surface area contributed by atoms with Crippen LogP contribution in [0.2, 0.25) is 5.02 Å². The lowest BCUT2D eigenvalue weighted by Crippen LogP contribution is -2.34. The number of aryl methyl sites for hydroxylation is 1. The molecule has 2 aromatic carbocycles. The number of ether oxygens (including phenoxy) is 2. The number of rotatable bonds is 7. The number of hydrogen-bond donors (Lipinski definition) is 0. The Labute approximate surface area is 208 Å². The minimum Gasteiger partial charge on any atom is -0.492 e. The van der Waals surface area contributed by atoms with E-state index in [-0.39, 0.29) is 29.3 Å². The fourth-order valence-corrected chi connectivity index (χ4v) is 4.49. The molecule has 8 heteroatoms. The number of nitrogens with zero attached hydrogens (tertiary/aromatic N) is 2. The molecule has 1 aliphatic heterocycles. The van der Waals surface area contributed by atoms with E-state index in [1.54, 1.807) is 29.2 Å². The molecule has 0 spiro atoms. The maximum absolute atomic E-state index is 13.0. The summed E-state index contributed by atoms with van der Waals surface area (Å²) >= 11 is 6.05. The molecular weight excluding hydrogens is 468 g/mol. The van der Waals surface area contributed by atoms with Gasteiger partial charge in [0.15, 0.2) is 0 Å². The molecule has 0 radical (unpaired) electrons. The Morgan fingerprint density at radius 2 is 1.80 bits per heavy atom. The quantitative estimate of drug-likeness (QED) is 0.366. The van der Waals surface area contributed by atoms with Crippen molar-refractivity contribution in [3.8, 4) is 5.75 Å². The van der Waals surface area contributed by atoms with Gasteiger partial charge in [0, 0.05) is 48.4 Å². The number of esters is 1. The lowest BCUT2D eigenvalue weighted by Gasteiger charge is -2.20. The molecule has 0 fully saturated rings. The number of pyridine rings is 1. The van der Waals surface area contributed by atoms with Crippen molar-refractivity contribution in [2.45, 2.75) is 25.8 Å². The molecule has 7 nitrogen and oxygen atoms in total. The van der Waals surface area contributed by atoms with Gasteiger partial charge in [0.2, 0.25) is 0 Å². The maximum atomic E-state index is 13.0. The minimum absolute atomic E-state index is 0.176. The van der Waals surface area contributed by atoms with E-state index in [1.807, 2.05) is 30.3 Å². The van der Waals surface area contributed by atoms with E-state index in [0.29, 0.717) is 42.4 Å². The highest BCUT2D eigenvalue weighted by Crippen LogP contribution is 2.25. The van der Waals surface area contributed by atoms with Gasteiger partial charge in [-0.15, -0.1) is 0 Å². The summed E-state index contributed by atoms with van der Waals surface area (Å²) < 4.78 is 12.5. The molecule has 0 atom stereocenters. The fraction of sp³-hybridized carbons (Fsp3) is 0.296. The molecule has 0 aliphatic carbocycles. The number of carbonyl (C=O) groups excluding carboxylic acids is 2. The molecule has 35 heavy (non-hydrogen) atoms. The first-order valence-corrected chi connectivity index (χ1v) is 11.9. The Hall–Kier alpha value is -3.58. The van der Waals surface area contributed by atoms with Gasteiger partial charge in [-0.25, -0.2) is 4.79 Å². The molecule has 1 aromatic heterocycles. The highest BCUT2D eigenvalue weighted by atomic mass is 35.5. The largest absolute Gasteiger partial charge is 0.492 e. The van der Waals surface area contributed by atoms with Gasteiger partial charge in [-0.2, -0.15) is 0 Å². The van der Waals surface area contributed by atoms with Crippen molar-refractivity contribution in [3.05, 3.63) is 98.4 Å². The Morgan fingerprint density at radius 1 is 1.00 bits per heavy atom. The standard InChI is InChI=1S/C27H27ClN2O5/c1-34-27(33)25-22-12-13-29(26(32)20-10-5-11-21(28)17-20)14-15-30(22)24(31)18-23(25)35-16-6-9-19-7-3-2-4-8-19/h2-5,7-8,10-11,17-18H,6,9,12-16H2,1H3. The molecule has 0 bridgehead atoms. The Morgan fingerprint density at radius 3 is 2.54 bits per heavy atom. The average molecular weight is 495 g/mol. The molecule has 1 aliphatic rings. The van der Waals surface area contributed by atoms with Gasteiger partial charge in [0.05, 0.1) is 13.7 Å². The van der Waals surface area contributed by atoms with Crippen molar-refractivity contribution in [2.24, 2.45) is 0 Å². The SMILES string of the molecule is COC(=O)c1c(OCCCc2ccccc2)cc(=O)n2c1CCN(C(=O)c1cccc(Cl)c1)CC2. The van der Waals surface area contributed by atoms with Crippen LogP contribution in [0.1, 0.15) is 38.4 Å². The average Bonchev–Trinajstić information content (AvgIpc) is 3.10. The number of aromatic nitrogens is 1. The van der Waals surface area contributed by atoms with Crippen LogP contribution in [0.3, 0.4) is 0 Å². The van der Waals surface area contributed by atoms with Crippen molar-refractivity contribution < 1.29 is 19.1 Å². The Kier molecular flexibility index (Phi) is 7.87. The number of halogens is 1. The Bertz CT molecular complexity index is 1270. The van der Waals surface area contributed by atoms with Crippen LogP contribution in [0.25, 0.3) is 0 Å². The zero-order valence-corrected chi connectivity index (χ0v) is 20.3. The summed E-state index contributed by atoms with van der Waals surface area (Å²) in [5.41, 5.74) is 2.15. The van der Waals surface area contributed by atoms with Gasteiger partial charge in [-0.3, -0.25) is 9.59 Å².